The molecule has 0 N–H and O–H groups in total. The van der Waals surface area contributed by atoms with Gasteiger partial charge in [-0.1, -0.05) is 6.92 Å². The van der Waals surface area contributed by atoms with E-state index in [-0.39, 0.29) is 0 Å². The molecule has 0 nitrogen and oxygen atoms in total. The lowest BCUT2D eigenvalue weighted by atomic mass is 9.43. The fraction of sp³-hybridized carbons (Fsp3) is 1.00. The summed E-state index contributed by atoms with van der Waals surface area (Å²) >= 11 is 0. The molecule has 0 aliphatic heterocycles. The molecular weight excluding hydrogens is 180 g/mol. The third-order valence-corrected chi connectivity index (χ3v) is 8.18. The van der Waals surface area contributed by atoms with Crippen molar-refractivity contribution in [3.05, 3.63) is 0 Å². The molecule has 15 heavy (non-hydrogen) atoms. The summed E-state index contributed by atoms with van der Waals surface area (Å²) in [4.78, 5) is 0. The van der Waals surface area contributed by atoms with Gasteiger partial charge in [0.2, 0.25) is 0 Å². The Bertz CT molecular complexity index is 404. The molecule has 80 valence electrons. The minimum absolute atomic E-state index is 0.850. The molecule has 0 radical (unpaired) electrons. The maximum absolute atomic E-state index is 2.67. The quantitative estimate of drug-likeness (QED) is 0.561. The summed E-state index contributed by atoms with van der Waals surface area (Å²) in [6.07, 6.45) is 9.85. The Labute approximate surface area is 91.8 Å². The molecule has 0 aromatic carbocycles. The summed E-state index contributed by atoms with van der Waals surface area (Å²) in [5.41, 5.74) is 2.80. The normalized spacial score (nSPS) is 84.2. The number of hydrogen-bond donors (Lipinski definition) is 0. The molecule has 0 heterocycles. The van der Waals surface area contributed by atoms with Crippen LogP contribution >= 0.6 is 0 Å². The van der Waals surface area contributed by atoms with Crippen LogP contribution in [-0.2, 0) is 0 Å². The topological polar surface area (TPSA) is 0 Å². The molecule has 0 amide bonds. The van der Waals surface area contributed by atoms with Gasteiger partial charge in [-0.2, -0.15) is 0 Å². The highest BCUT2D eigenvalue weighted by molar-refractivity contribution is 5.43. The van der Waals surface area contributed by atoms with Crippen molar-refractivity contribution in [2.75, 3.05) is 0 Å². The summed E-state index contributed by atoms with van der Waals surface area (Å²) in [6, 6.07) is 0. The van der Waals surface area contributed by atoms with Gasteiger partial charge in [0, 0.05) is 0 Å². The monoisotopic (exact) mass is 200 g/mol. The van der Waals surface area contributed by atoms with Gasteiger partial charge in [-0.15, -0.1) is 0 Å². The third-order valence-electron chi connectivity index (χ3n) is 8.18. The van der Waals surface area contributed by atoms with Crippen LogP contribution in [0, 0.1) is 45.8 Å². The highest BCUT2D eigenvalue weighted by atomic mass is 15.0. The molecule has 2 spiro atoms. The minimum atomic E-state index is 0.850. The standard InChI is InChI=1S/C15H20/c1-13-3-2-9-6-14(9)4-8(5-14)11(13)15-7-10(15)12(13)15/h8-12H,2-7H2,1H3. The largest absolute Gasteiger partial charge is 0.0590 e. The van der Waals surface area contributed by atoms with Crippen LogP contribution < -0.4 is 0 Å². The van der Waals surface area contributed by atoms with Crippen molar-refractivity contribution in [3.8, 4) is 0 Å². The first kappa shape index (κ1) is 7.35. The molecule has 6 atom stereocenters. The molecule has 0 aromatic heterocycles. The maximum atomic E-state index is 2.67. The second-order valence-corrected chi connectivity index (χ2v) is 8.35. The second kappa shape index (κ2) is 1.56. The van der Waals surface area contributed by atoms with Crippen LogP contribution in [-0.4, -0.2) is 0 Å². The number of fused-ring (bicyclic) bond motifs is 2. The molecule has 2 bridgehead atoms. The predicted molar refractivity (Wildman–Crippen MR) is 58.1 cm³/mol. The lowest BCUT2D eigenvalue weighted by Crippen LogP contribution is -2.55. The Kier molecular flexibility index (Phi) is 0.762. The average Bonchev–Trinajstić information content (AvgIpc) is 2.93. The minimum Gasteiger partial charge on any atom is -0.0590 e. The van der Waals surface area contributed by atoms with Gasteiger partial charge >= 0.3 is 0 Å². The number of hydrogen-bond acceptors (Lipinski definition) is 0. The van der Waals surface area contributed by atoms with E-state index in [2.05, 4.69) is 6.92 Å². The third kappa shape index (κ3) is 0.492. The van der Waals surface area contributed by atoms with E-state index in [0.29, 0.717) is 0 Å². The van der Waals surface area contributed by atoms with Gasteiger partial charge in [0.15, 0.2) is 0 Å². The highest BCUT2D eigenvalue weighted by Gasteiger charge is 2.96. The van der Waals surface area contributed by atoms with Gasteiger partial charge in [0.25, 0.3) is 0 Å². The van der Waals surface area contributed by atoms with E-state index in [1.54, 1.807) is 38.5 Å². The van der Waals surface area contributed by atoms with Crippen molar-refractivity contribution in [1.82, 2.24) is 0 Å². The lowest BCUT2D eigenvalue weighted by Gasteiger charge is -2.61. The van der Waals surface area contributed by atoms with Gasteiger partial charge in [-0.05, 0) is 84.4 Å². The Hall–Kier alpha value is 0. The molecule has 0 heteroatoms. The van der Waals surface area contributed by atoms with Crippen LogP contribution in [0.5, 0.6) is 0 Å². The van der Waals surface area contributed by atoms with Crippen molar-refractivity contribution in [2.24, 2.45) is 45.8 Å². The van der Waals surface area contributed by atoms with E-state index in [0.717, 1.165) is 16.2 Å². The molecule has 7 fully saturated rings. The summed E-state index contributed by atoms with van der Waals surface area (Å²) in [5, 5.41) is 0. The van der Waals surface area contributed by atoms with Crippen molar-refractivity contribution in [3.63, 3.8) is 0 Å². The van der Waals surface area contributed by atoms with E-state index in [1.165, 1.54) is 29.6 Å². The zero-order valence-corrected chi connectivity index (χ0v) is 9.63. The van der Waals surface area contributed by atoms with Crippen LogP contribution in [0.2, 0.25) is 0 Å². The second-order valence-electron chi connectivity index (χ2n) is 8.35. The van der Waals surface area contributed by atoms with E-state index >= 15 is 0 Å². The number of rotatable bonds is 0. The summed E-state index contributed by atoms with van der Waals surface area (Å²) in [5.74, 6) is 6.09. The van der Waals surface area contributed by atoms with Gasteiger partial charge in [-0.3, -0.25) is 0 Å². The Morgan fingerprint density at radius 2 is 1.87 bits per heavy atom. The lowest BCUT2D eigenvalue weighted by molar-refractivity contribution is -0.133. The first-order chi connectivity index (χ1) is 7.21. The zero-order valence-electron chi connectivity index (χ0n) is 9.63. The first-order valence-corrected chi connectivity index (χ1v) is 7.21. The van der Waals surface area contributed by atoms with Gasteiger partial charge < -0.3 is 0 Å². The van der Waals surface area contributed by atoms with Crippen molar-refractivity contribution >= 4 is 0 Å². The van der Waals surface area contributed by atoms with Crippen molar-refractivity contribution in [2.45, 2.75) is 45.4 Å². The Morgan fingerprint density at radius 1 is 1.00 bits per heavy atom. The van der Waals surface area contributed by atoms with E-state index in [9.17, 15) is 0 Å². The van der Waals surface area contributed by atoms with Crippen LogP contribution in [0.1, 0.15) is 45.4 Å². The molecule has 7 aliphatic carbocycles. The predicted octanol–water partition coefficient (Wildman–Crippen LogP) is 3.47. The Balaban J connectivity index is 1.47. The fourth-order valence-electron chi connectivity index (χ4n) is 7.62. The van der Waals surface area contributed by atoms with Crippen molar-refractivity contribution < 1.29 is 0 Å². The van der Waals surface area contributed by atoms with Crippen LogP contribution in [0.4, 0.5) is 0 Å². The zero-order chi connectivity index (χ0) is 9.63. The van der Waals surface area contributed by atoms with Gasteiger partial charge in [0.1, 0.15) is 0 Å². The molecule has 7 aliphatic rings. The summed E-state index contributed by atoms with van der Waals surface area (Å²) in [7, 11) is 0. The fourth-order valence-corrected chi connectivity index (χ4v) is 7.62. The Morgan fingerprint density at radius 3 is 2.67 bits per heavy atom. The first-order valence-electron chi connectivity index (χ1n) is 7.21. The van der Waals surface area contributed by atoms with Crippen molar-refractivity contribution in [1.29, 1.82) is 0 Å². The summed E-state index contributed by atoms with van der Waals surface area (Å²) < 4.78 is 0. The molecule has 0 saturated heterocycles. The van der Waals surface area contributed by atoms with Crippen LogP contribution in [0.3, 0.4) is 0 Å². The van der Waals surface area contributed by atoms with Gasteiger partial charge in [0.05, 0.1) is 0 Å². The van der Waals surface area contributed by atoms with E-state index in [4.69, 9.17) is 0 Å². The smallest absolute Gasteiger partial charge is 0.0190 e. The SMILES string of the molecule is CC12CCC3CC34CC(C4)C1C13CC1C23. The van der Waals surface area contributed by atoms with E-state index < -0.39 is 0 Å². The average molecular weight is 200 g/mol. The summed E-state index contributed by atoms with van der Waals surface area (Å²) in [6.45, 7) is 2.67. The van der Waals surface area contributed by atoms with Gasteiger partial charge in [-0.25, -0.2) is 0 Å². The highest BCUT2D eigenvalue weighted by Crippen LogP contribution is 3.01. The maximum Gasteiger partial charge on any atom is -0.0190 e. The molecule has 7 rings (SSSR count). The van der Waals surface area contributed by atoms with Crippen LogP contribution in [0.25, 0.3) is 0 Å². The van der Waals surface area contributed by atoms with Crippen LogP contribution in [0.15, 0.2) is 0 Å². The molecule has 7 saturated carbocycles. The molecular formula is C15H20. The molecule has 6 unspecified atom stereocenters. The van der Waals surface area contributed by atoms with E-state index in [1.807, 2.05) is 0 Å². The molecule has 0 aromatic rings.